The molecular formula is C15H21BrFN2O+. The van der Waals surface area contributed by atoms with Crippen molar-refractivity contribution in [2.75, 3.05) is 25.0 Å². The number of rotatable bonds is 3. The van der Waals surface area contributed by atoms with Gasteiger partial charge in [-0.05, 0) is 24.6 Å². The first-order valence-corrected chi connectivity index (χ1v) is 7.82. The fourth-order valence-corrected chi connectivity index (χ4v) is 3.41. The first kappa shape index (κ1) is 15.4. The van der Waals surface area contributed by atoms with E-state index in [1.165, 1.54) is 17.4 Å². The Morgan fingerprint density at radius 3 is 2.65 bits per heavy atom. The van der Waals surface area contributed by atoms with Crippen LogP contribution < -0.4 is 10.2 Å². The van der Waals surface area contributed by atoms with Crippen molar-refractivity contribution in [3.8, 4) is 0 Å². The van der Waals surface area contributed by atoms with Crippen molar-refractivity contribution in [3.05, 3.63) is 28.5 Å². The molecule has 3 nitrogen and oxygen atoms in total. The Balaban J connectivity index is 1.92. The molecular weight excluding hydrogens is 323 g/mol. The summed E-state index contributed by atoms with van der Waals surface area (Å²) in [7, 11) is 0. The van der Waals surface area contributed by atoms with Crippen LogP contribution in [0.4, 0.5) is 10.1 Å². The van der Waals surface area contributed by atoms with Crippen LogP contribution in [0, 0.1) is 17.7 Å². The summed E-state index contributed by atoms with van der Waals surface area (Å²) < 4.78 is 14.3. The molecule has 2 atom stereocenters. The maximum absolute atomic E-state index is 13.7. The molecule has 2 rings (SSSR count). The van der Waals surface area contributed by atoms with Crippen molar-refractivity contribution in [2.24, 2.45) is 11.8 Å². The fourth-order valence-electron chi connectivity index (χ4n) is 3.08. The number of piperidine rings is 1. The van der Waals surface area contributed by atoms with Gasteiger partial charge in [0.2, 0.25) is 0 Å². The minimum Gasteiger partial charge on any atom is -0.327 e. The largest absolute Gasteiger partial charge is 0.327 e. The second-order valence-electron chi connectivity index (χ2n) is 5.95. The molecule has 2 N–H and O–H groups in total. The smallest absolute Gasteiger partial charge is 0.279 e. The lowest BCUT2D eigenvalue weighted by atomic mass is 9.92. The molecule has 5 heteroatoms. The maximum atomic E-state index is 13.7. The molecule has 0 saturated carbocycles. The van der Waals surface area contributed by atoms with Crippen molar-refractivity contribution in [3.63, 3.8) is 0 Å². The summed E-state index contributed by atoms with van der Waals surface area (Å²) in [6.07, 6.45) is 1.23. The van der Waals surface area contributed by atoms with E-state index in [9.17, 15) is 9.18 Å². The molecule has 20 heavy (non-hydrogen) atoms. The molecule has 0 spiro atoms. The van der Waals surface area contributed by atoms with Crippen molar-refractivity contribution >= 4 is 27.5 Å². The second kappa shape index (κ2) is 6.68. The minimum atomic E-state index is -0.414. The summed E-state index contributed by atoms with van der Waals surface area (Å²) in [5.41, 5.74) is 0.246. The van der Waals surface area contributed by atoms with Crippen LogP contribution in [-0.4, -0.2) is 25.5 Å². The van der Waals surface area contributed by atoms with E-state index in [0.29, 0.717) is 22.9 Å². The number of quaternary nitrogens is 1. The molecule has 1 fully saturated rings. The van der Waals surface area contributed by atoms with Crippen LogP contribution >= 0.6 is 15.9 Å². The molecule has 0 unspecified atom stereocenters. The summed E-state index contributed by atoms with van der Waals surface area (Å²) in [4.78, 5) is 13.3. The Bertz CT molecular complexity index is 485. The molecule has 1 heterocycles. The molecule has 0 aromatic heterocycles. The predicted octanol–water partition coefficient (Wildman–Crippen LogP) is 2.09. The summed E-state index contributed by atoms with van der Waals surface area (Å²) >= 11 is 3.20. The highest BCUT2D eigenvalue weighted by atomic mass is 79.9. The van der Waals surface area contributed by atoms with Crippen molar-refractivity contribution < 1.29 is 14.1 Å². The Labute approximate surface area is 127 Å². The van der Waals surface area contributed by atoms with Gasteiger partial charge in [-0.3, -0.25) is 4.79 Å². The molecule has 1 aliphatic heterocycles. The van der Waals surface area contributed by atoms with Gasteiger partial charge in [0.15, 0.2) is 6.54 Å². The van der Waals surface area contributed by atoms with Crippen LogP contribution in [0.15, 0.2) is 22.7 Å². The average molecular weight is 344 g/mol. The highest BCUT2D eigenvalue weighted by Crippen LogP contribution is 2.19. The Hall–Kier alpha value is -0.940. The van der Waals surface area contributed by atoms with Gasteiger partial charge in [0, 0.05) is 16.3 Å². The molecule has 0 bridgehead atoms. The molecule has 1 saturated heterocycles. The molecule has 0 radical (unpaired) electrons. The molecule has 0 aliphatic carbocycles. The summed E-state index contributed by atoms with van der Waals surface area (Å²) in [6.45, 7) is 6.88. The van der Waals surface area contributed by atoms with Gasteiger partial charge in [-0.1, -0.05) is 29.8 Å². The zero-order valence-corrected chi connectivity index (χ0v) is 13.5. The van der Waals surface area contributed by atoms with E-state index < -0.39 is 5.82 Å². The van der Waals surface area contributed by atoms with Gasteiger partial charge in [0.25, 0.3) is 5.91 Å². The van der Waals surface area contributed by atoms with E-state index in [0.717, 1.165) is 13.1 Å². The summed E-state index contributed by atoms with van der Waals surface area (Å²) in [5, 5.41) is 2.66. The number of likely N-dealkylation sites (tertiary alicyclic amines) is 1. The summed E-state index contributed by atoms with van der Waals surface area (Å²) in [6, 6.07) is 4.65. The highest BCUT2D eigenvalue weighted by Gasteiger charge is 2.26. The van der Waals surface area contributed by atoms with Gasteiger partial charge in [0.05, 0.1) is 18.8 Å². The number of hydrogen-bond acceptors (Lipinski definition) is 1. The number of nitrogens with one attached hydrogen (secondary N) is 2. The third kappa shape index (κ3) is 4.28. The van der Waals surface area contributed by atoms with Gasteiger partial charge in [-0.25, -0.2) is 4.39 Å². The van der Waals surface area contributed by atoms with Crippen LogP contribution in [0.1, 0.15) is 20.3 Å². The van der Waals surface area contributed by atoms with Crippen LogP contribution in [0.25, 0.3) is 0 Å². The number of carbonyl (C=O) groups excluding carboxylic acids is 1. The molecule has 110 valence electrons. The van der Waals surface area contributed by atoms with Gasteiger partial charge in [-0.15, -0.1) is 0 Å². The van der Waals surface area contributed by atoms with E-state index in [-0.39, 0.29) is 11.6 Å². The van der Waals surface area contributed by atoms with E-state index in [1.54, 1.807) is 12.1 Å². The molecule has 1 aliphatic rings. The fraction of sp³-hybridized carbons (Fsp3) is 0.533. The first-order valence-electron chi connectivity index (χ1n) is 7.02. The predicted molar refractivity (Wildman–Crippen MR) is 81.2 cm³/mol. The maximum Gasteiger partial charge on any atom is 0.279 e. The Kier molecular flexibility index (Phi) is 5.16. The van der Waals surface area contributed by atoms with Crippen molar-refractivity contribution in [1.29, 1.82) is 0 Å². The van der Waals surface area contributed by atoms with Crippen LogP contribution in [0.3, 0.4) is 0 Å². The summed E-state index contributed by atoms with van der Waals surface area (Å²) in [5.74, 6) is 0.752. The number of amides is 1. The van der Waals surface area contributed by atoms with Crippen molar-refractivity contribution in [1.82, 2.24) is 0 Å². The lowest BCUT2D eigenvalue weighted by Crippen LogP contribution is -3.15. The normalized spacial score (nSPS) is 26.3. The zero-order valence-electron chi connectivity index (χ0n) is 11.9. The zero-order chi connectivity index (χ0) is 14.7. The average Bonchev–Trinajstić information content (AvgIpc) is 2.31. The van der Waals surface area contributed by atoms with Gasteiger partial charge in [0.1, 0.15) is 5.82 Å². The van der Waals surface area contributed by atoms with Gasteiger partial charge in [-0.2, -0.15) is 0 Å². The van der Waals surface area contributed by atoms with Gasteiger partial charge >= 0.3 is 0 Å². The molecule has 1 amide bonds. The van der Waals surface area contributed by atoms with E-state index >= 15 is 0 Å². The first-order chi connectivity index (χ1) is 9.44. The number of carbonyl (C=O) groups is 1. The number of halogens is 2. The van der Waals surface area contributed by atoms with E-state index in [1.807, 2.05) is 0 Å². The van der Waals surface area contributed by atoms with Crippen molar-refractivity contribution in [2.45, 2.75) is 20.3 Å². The molecule has 1 aromatic rings. The third-order valence-corrected chi connectivity index (χ3v) is 4.19. The number of benzene rings is 1. The van der Waals surface area contributed by atoms with Gasteiger partial charge < -0.3 is 10.2 Å². The second-order valence-corrected chi connectivity index (χ2v) is 6.87. The lowest BCUT2D eigenvalue weighted by molar-refractivity contribution is -0.904. The lowest BCUT2D eigenvalue weighted by Gasteiger charge is -2.31. The SMILES string of the molecule is C[C@H]1C[C@H](C)C[NH+](CC(=O)Nc2ccc(Br)cc2F)C1. The van der Waals surface area contributed by atoms with E-state index in [2.05, 4.69) is 35.1 Å². The number of anilines is 1. The monoisotopic (exact) mass is 343 g/mol. The van der Waals surface area contributed by atoms with Crippen LogP contribution in [0.2, 0.25) is 0 Å². The Morgan fingerprint density at radius 1 is 1.40 bits per heavy atom. The van der Waals surface area contributed by atoms with Crippen LogP contribution in [0.5, 0.6) is 0 Å². The van der Waals surface area contributed by atoms with Crippen LogP contribution in [-0.2, 0) is 4.79 Å². The standard InChI is InChI=1S/C15H20BrFN2O/c1-10-5-11(2)8-19(7-10)9-15(20)18-14-4-3-12(16)6-13(14)17/h3-4,6,10-11H,5,7-9H2,1-2H3,(H,18,20)/p+1/t10-,11-/m0/s1. The topological polar surface area (TPSA) is 33.5 Å². The minimum absolute atomic E-state index is 0.123. The third-order valence-electron chi connectivity index (χ3n) is 3.69. The highest BCUT2D eigenvalue weighted by molar-refractivity contribution is 9.10. The molecule has 1 aromatic carbocycles. The quantitative estimate of drug-likeness (QED) is 0.865. The van der Waals surface area contributed by atoms with E-state index in [4.69, 9.17) is 0 Å². The number of hydrogen-bond donors (Lipinski definition) is 2. The Morgan fingerprint density at radius 2 is 2.05 bits per heavy atom.